The molecule has 18 heavy (non-hydrogen) atoms. The molecule has 1 aliphatic heterocycles. The van der Waals surface area contributed by atoms with Gasteiger partial charge in [-0.2, -0.15) is 0 Å². The Morgan fingerprint density at radius 2 is 2.22 bits per heavy atom. The van der Waals surface area contributed by atoms with Crippen LogP contribution in [0.2, 0.25) is 0 Å². The standard InChI is InChI=1S/C15H26N2O/c1-13(18)16-10-15-8-5-9-17(12-15)11-14-6-3-2-4-7-14/h2-3,14-15H,4-12H2,1H3,(H,16,18)/t14-,15-/m1/s1. The Morgan fingerprint density at radius 1 is 1.33 bits per heavy atom. The highest BCUT2D eigenvalue weighted by molar-refractivity contribution is 5.72. The second-order valence-corrected chi connectivity index (χ2v) is 5.86. The lowest BCUT2D eigenvalue weighted by molar-refractivity contribution is -0.119. The molecule has 2 aliphatic rings. The molecule has 0 aromatic heterocycles. The van der Waals surface area contributed by atoms with E-state index in [-0.39, 0.29) is 5.91 Å². The van der Waals surface area contributed by atoms with Crippen molar-refractivity contribution in [2.24, 2.45) is 11.8 Å². The Balaban J connectivity index is 1.72. The van der Waals surface area contributed by atoms with Crippen LogP contribution in [0.5, 0.6) is 0 Å². The summed E-state index contributed by atoms with van der Waals surface area (Å²) in [7, 11) is 0. The van der Waals surface area contributed by atoms with E-state index in [1.165, 1.54) is 51.7 Å². The van der Waals surface area contributed by atoms with Gasteiger partial charge in [0.25, 0.3) is 0 Å². The molecule has 1 saturated heterocycles. The molecule has 0 aromatic rings. The lowest BCUT2D eigenvalue weighted by atomic mass is 9.91. The van der Waals surface area contributed by atoms with Crippen LogP contribution in [0.3, 0.4) is 0 Å². The van der Waals surface area contributed by atoms with Crippen LogP contribution in [0.25, 0.3) is 0 Å². The zero-order chi connectivity index (χ0) is 12.8. The van der Waals surface area contributed by atoms with Gasteiger partial charge >= 0.3 is 0 Å². The number of hydrogen-bond acceptors (Lipinski definition) is 2. The van der Waals surface area contributed by atoms with E-state index in [9.17, 15) is 4.79 Å². The lowest BCUT2D eigenvalue weighted by Crippen LogP contribution is -2.42. The molecule has 0 radical (unpaired) electrons. The first kappa shape index (κ1) is 13.6. The summed E-state index contributed by atoms with van der Waals surface area (Å²) in [5.41, 5.74) is 0. The maximum Gasteiger partial charge on any atom is 0.216 e. The van der Waals surface area contributed by atoms with Crippen LogP contribution in [0, 0.1) is 11.8 Å². The van der Waals surface area contributed by atoms with Crippen LogP contribution in [-0.2, 0) is 4.79 Å². The predicted octanol–water partition coefficient (Wildman–Crippen LogP) is 2.19. The van der Waals surface area contributed by atoms with Crippen LogP contribution in [0.1, 0.15) is 39.0 Å². The van der Waals surface area contributed by atoms with E-state index in [1.54, 1.807) is 6.92 Å². The first-order valence-electron chi connectivity index (χ1n) is 7.36. The van der Waals surface area contributed by atoms with Crippen LogP contribution in [0.15, 0.2) is 12.2 Å². The Labute approximate surface area is 111 Å². The summed E-state index contributed by atoms with van der Waals surface area (Å²) in [5, 5.41) is 2.96. The van der Waals surface area contributed by atoms with Gasteiger partial charge < -0.3 is 10.2 Å². The minimum atomic E-state index is 0.101. The maximum absolute atomic E-state index is 11.0. The summed E-state index contributed by atoms with van der Waals surface area (Å²) < 4.78 is 0. The van der Waals surface area contributed by atoms with Crippen molar-refractivity contribution in [2.75, 3.05) is 26.2 Å². The van der Waals surface area contributed by atoms with Gasteiger partial charge in [-0.3, -0.25) is 4.79 Å². The quantitative estimate of drug-likeness (QED) is 0.776. The first-order chi connectivity index (χ1) is 8.74. The van der Waals surface area contributed by atoms with Crippen molar-refractivity contribution in [2.45, 2.75) is 39.0 Å². The van der Waals surface area contributed by atoms with Crippen molar-refractivity contribution in [1.29, 1.82) is 0 Å². The van der Waals surface area contributed by atoms with Crippen molar-refractivity contribution in [3.8, 4) is 0 Å². The van der Waals surface area contributed by atoms with Crippen LogP contribution in [0.4, 0.5) is 0 Å². The number of carbonyl (C=O) groups excluding carboxylic acids is 1. The fraction of sp³-hybridized carbons (Fsp3) is 0.800. The van der Waals surface area contributed by atoms with Gasteiger partial charge in [-0.25, -0.2) is 0 Å². The first-order valence-corrected chi connectivity index (χ1v) is 7.36. The number of likely N-dealkylation sites (tertiary alicyclic amines) is 1. The van der Waals surface area contributed by atoms with Crippen LogP contribution >= 0.6 is 0 Å². The third-order valence-electron chi connectivity index (χ3n) is 4.14. The third kappa shape index (κ3) is 4.45. The highest BCUT2D eigenvalue weighted by Crippen LogP contribution is 2.22. The number of allylic oxidation sites excluding steroid dienone is 2. The average molecular weight is 250 g/mol. The normalized spacial score (nSPS) is 29.2. The van der Waals surface area contributed by atoms with E-state index in [0.717, 1.165) is 12.5 Å². The van der Waals surface area contributed by atoms with Gasteiger partial charge in [0.2, 0.25) is 5.91 Å². The SMILES string of the molecule is CC(=O)NC[C@H]1CCCN(C[C@@H]2CC=CCC2)C1. The summed E-state index contributed by atoms with van der Waals surface area (Å²) >= 11 is 0. The molecule has 1 N–H and O–H groups in total. The molecule has 2 atom stereocenters. The highest BCUT2D eigenvalue weighted by Gasteiger charge is 2.22. The summed E-state index contributed by atoms with van der Waals surface area (Å²) in [4.78, 5) is 13.6. The van der Waals surface area contributed by atoms with Crippen molar-refractivity contribution < 1.29 is 4.79 Å². The molecule has 1 fully saturated rings. The molecular weight excluding hydrogens is 224 g/mol. The monoisotopic (exact) mass is 250 g/mol. The van der Waals surface area contributed by atoms with Gasteiger partial charge in [0.05, 0.1) is 0 Å². The van der Waals surface area contributed by atoms with E-state index < -0.39 is 0 Å². The van der Waals surface area contributed by atoms with Crippen LogP contribution < -0.4 is 5.32 Å². The minimum absolute atomic E-state index is 0.101. The number of hydrogen-bond donors (Lipinski definition) is 1. The van der Waals surface area contributed by atoms with Crippen molar-refractivity contribution in [1.82, 2.24) is 10.2 Å². The molecule has 102 valence electrons. The van der Waals surface area contributed by atoms with E-state index in [1.807, 2.05) is 0 Å². The number of rotatable bonds is 4. The number of nitrogens with one attached hydrogen (secondary N) is 1. The van der Waals surface area contributed by atoms with Gasteiger partial charge in [0.1, 0.15) is 0 Å². The van der Waals surface area contributed by atoms with Gasteiger partial charge in [-0.15, -0.1) is 0 Å². The molecule has 0 saturated carbocycles. The molecule has 0 spiro atoms. The van der Waals surface area contributed by atoms with Gasteiger partial charge in [0.15, 0.2) is 0 Å². The lowest BCUT2D eigenvalue weighted by Gasteiger charge is -2.35. The zero-order valence-corrected chi connectivity index (χ0v) is 11.5. The average Bonchev–Trinajstić information content (AvgIpc) is 2.38. The number of carbonyl (C=O) groups is 1. The molecule has 3 nitrogen and oxygen atoms in total. The minimum Gasteiger partial charge on any atom is -0.356 e. The molecule has 0 bridgehead atoms. The molecule has 0 aromatic carbocycles. The largest absolute Gasteiger partial charge is 0.356 e. The number of amides is 1. The summed E-state index contributed by atoms with van der Waals surface area (Å²) in [6.45, 7) is 6.13. The molecule has 1 heterocycles. The summed E-state index contributed by atoms with van der Waals surface area (Å²) in [6, 6.07) is 0. The summed E-state index contributed by atoms with van der Waals surface area (Å²) in [5.74, 6) is 1.61. The predicted molar refractivity (Wildman–Crippen MR) is 74.3 cm³/mol. The Kier molecular flexibility index (Phi) is 5.24. The topological polar surface area (TPSA) is 32.3 Å². The molecule has 3 heteroatoms. The second kappa shape index (κ2) is 6.93. The van der Waals surface area contributed by atoms with E-state index in [0.29, 0.717) is 5.92 Å². The molecule has 0 unspecified atom stereocenters. The van der Waals surface area contributed by atoms with Crippen molar-refractivity contribution >= 4 is 5.91 Å². The third-order valence-corrected chi connectivity index (χ3v) is 4.14. The fourth-order valence-electron chi connectivity index (χ4n) is 3.16. The van der Waals surface area contributed by atoms with E-state index >= 15 is 0 Å². The maximum atomic E-state index is 11.0. The van der Waals surface area contributed by atoms with Gasteiger partial charge in [0, 0.05) is 26.6 Å². The number of piperidine rings is 1. The molecule has 1 amide bonds. The van der Waals surface area contributed by atoms with E-state index in [4.69, 9.17) is 0 Å². The fourth-order valence-corrected chi connectivity index (χ4v) is 3.16. The Morgan fingerprint density at radius 3 is 2.94 bits per heavy atom. The van der Waals surface area contributed by atoms with Crippen LogP contribution in [-0.4, -0.2) is 37.0 Å². The Hall–Kier alpha value is -0.830. The molecule has 1 aliphatic carbocycles. The smallest absolute Gasteiger partial charge is 0.216 e. The van der Waals surface area contributed by atoms with Crippen molar-refractivity contribution in [3.05, 3.63) is 12.2 Å². The van der Waals surface area contributed by atoms with Gasteiger partial charge in [-0.05, 0) is 50.5 Å². The molecular formula is C15H26N2O. The van der Waals surface area contributed by atoms with Gasteiger partial charge in [-0.1, -0.05) is 12.2 Å². The van der Waals surface area contributed by atoms with E-state index in [2.05, 4.69) is 22.4 Å². The highest BCUT2D eigenvalue weighted by atomic mass is 16.1. The number of nitrogens with zero attached hydrogens (tertiary/aromatic N) is 1. The zero-order valence-electron chi connectivity index (χ0n) is 11.5. The molecule has 2 rings (SSSR count). The Bertz CT molecular complexity index is 301. The van der Waals surface area contributed by atoms with Crippen molar-refractivity contribution in [3.63, 3.8) is 0 Å². The summed E-state index contributed by atoms with van der Waals surface area (Å²) in [6.07, 6.45) is 11.1. The second-order valence-electron chi connectivity index (χ2n) is 5.86.